The second-order valence-corrected chi connectivity index (χ2v) is 9.98. The van der Waals surface area contributed by atoms with E-state index in [1.54, 1.807) is 0 Å². The zero-order valence-corrected chi connectivity index (χ0v) is 18.6. The molecule has 2 saturated heterocycles. The third-order valence-corrected chi connectivity index (χ3v) is 7.86. The van der Waals surface area contributed by atoms with Crippen LogP contribution in [0.3, 0.4) is 0 Å². The molecule has 4 nitrogen and oxygen atoms in total. The van der Waals surface area contributed by atoms with Crippen LogP contribution in [0.4, 0.5) is 0 Å². The molecule has 158 valence electrons. The maximum absolute atomic E-state index is 13.7. The first-order valence-electron chi connectivity index (χ1n) is 10.9. The Kier molecular flexibility index (Phi) is 6.19. The normalized spacial score (nSPS) is 18.4. The lowest BCUT2D eigenvalue weighted by Gasteiger charge is -2.45. The fourth-order valence-corrected chi connectivity index (χ4v) is 6.14. The third-order valence-electron chi connectivity index (χ3n) is 6.31. The Morgan fingerprint density at radius 1 is 0.833 bits per heavy atom. The van der Waals surface area contributed by atoms with Gasteiger partial charge in [-0.15, -0.1) is 11.8 Å². The highest BCUT2D eigenvalue weighted by Crippen LogP contribution is 2.45. The first-order chi connectivity index (χ1) is 14.5. The molecule has 0 N–H and O–H groups in total. The van der Waals surface area contributed by atoms with Crippen LogP contribution >= 0.6 is 11.8 Å². The standard InChI is InChI=1S/C25H30N2O2S/c1-19(2)23(28)27-17-18-30-25(27)13-15-26(16-14-25)24(29)22(20-9-5-3-6-10-20)21-11-7-4-8-12-21/h3-12,19,22H,13-18H2,1-2H3. The van der Waals surface area contributed by atoms with Gasteiger partial charge in [-0.3, -0.25) is 9.59 Å². The minimum Gasteiger partial charge on any atom is -0.342 e. The minimum absolute atomic E-state index is 0.0146. The molecule has 0 saturated carbocycles. The van der Waals surface area contributed by atoms with Crippen molar-refractivity contribution < 1.29 is 9.59 Å². The average molecular weight is 423 g/mol. The molecule has 0 atom stereocenters. The monoisotopic (exact) mass is 422 g/mol. The second kappa shape index (κ2) is 8.84. The van der Waals surface area contributed by atoms with Crippen LogP contribution < -0.4 is 0 Å². The van der Waals surface area contributed by atoms with Crippen molar-refractivity contribution >= 4 is 23.6 Å². The van der Waals surface area contributed by atoms with Crippen molar-refractivity contribution in [2.24, 2.45) is 5.92 Å². The summed E-state index contributed by atoms with van der Waals surface area (Å²) in [5.41, 5.74) is 2.06. The zero-order valence-electron chi connectivity index (χ0n) is 17.8. The quantitative estimate of drug-likeness (QED) is 0.735. The van der Waals surface area contributed by atoms with Crippen molar-refractivity contribution in [1.82, 2.24) is 9.80 Å². The number of piperidine rings is 1. The van der Waals surface area contributed by atoms with Crippen molar-refractivity contribution in [2.75, 3.05) is 25.4 Å². The highest BCUT2D eigenvalue weighted by molar-refractivity contribution is 8.00. The summed E-state index contributed by atoms with van der Waals surface area (Å²) in [4.78, 5) is 30.4. The molecule has 2 amide bonds. The Balaban J connectivity index is 1.53. The summed E-state index contributed by atoms with van der Waals surface area (Å²) in [5.74, 6) is 1.12. The van der Waals surface area contributed by atoms with E-state index in [1.165, 1.54) is 0 Å². The van der Waals surface area contributed by atoms with E-state index < -0.39 is 0 Å². The van der Waals surface area contributed by atoms with Crippen molar-refractivity contribution in [3.8, 4) is 0 Å². The van der Waals surface area contributed by atoms with Gasteiger partial charge in [0, 0.05) is 31.3 Å². The Morgan fingerprint density at radius 3 is 1.87 bits per heavy atom. The summed E-state index contributed by atoms with van der Waals surface area (Å²) < 4.78 is 0. The SMILES string of the molecule is CC(C)C(=O)N1CCSC12CCN(C(=O)C(c1ccccc1)c1ccccc1)CC2. The molecule has 30 heavy (non-hydrogen) atoms. The number of benzene rings is 2. The molecule has 2 aliphatic rings. The molecule has 4 rings (SSSR count). The Morgan fingerprint density at radius 2 is 1.37 bits per heavy atom. The van der Waals surface area contributed by atoms with Crippen LogP contribution in [0.1, 0.15) is 43.7 Å². The van der Waals surface area contributed by atoms with Gasteiger partial charge in [0.05, 0.1) is 10.8 Å². The molecule has 0 aliphatic carbocycles. The lowest BCUT2D eigenvalue weighted by atomic mass is 9.89. The van der Waals surface area contributed by atoms with E-state index in [1.807, 2.05) is 91.2 Å². The lowest BCUT2D eigenvalue weighted by Crippen LogP contribution is -2.55. The summed E-state index contributed by atoms with van der Waals surface area (Å²) in [5, 5.41) is 0. The Hall–Kier alpha value is -2.27. The zero-order chi connectivity index (χ0) is 21.1. The van der Waals surface area contributed by atoms with Gasteiger partial charge in [0.2, 0.25) is 11.8 Å². The van der Waals surface area contributed by atoms with Gasteiger partial charge < -0.3 is 9.80 Å². The van der Waals surface area contributed by atoms with Gasteiger partial charge in [-0.05, 0) is 24.0 Å². The van der Waals surface area contributed by atoms with Crippen molar-refractivity contribution in [3.63, 3.8) is 0 Å². The minimum atomic E-state index is -0.286. The first-order valence-corrected chi connectivity index (χ1v) is 11.8. The summed E-state index contributed by atoms with van der Waals surface area (Å²) in [6.07, 6.45) is 1.69. The number of carbonyl (C=O) groups excluding carboxylic acids is 2. The van der Waals surface area contributed by atoms with Crippen molar-refractivity contribution in [3.05, 3.63) is 71.8 Å². The average Bonchev–Trinajstić information content (AvgIpc) is 3.18. The number of thioether (sulfide) groups is 1. The predicted molar refractivity (Wildman–Crippen MR) is 122 cm³/mol. The van der Waals surface area contributed by atoms with Crippen LogP contribution in [0, 0.1) is 5.92 Å². The Bertz CT molecular complexity index is 837. The van der Waals surface area contributed by atoms with Crippen LogP contribution in [0.5, 0.6) is 0 Å². The van der Waals surface area contributed by atoms with Gasteiger partial charge >= 0.3 is 0 Å². The molecule has 0 unspecified atom stereocenters. The predicted octanol–water partition coefficient (Wildman–Crippen LogP) is 4.37. The first kappa shape index (κ1) is 21.0. The molecule has 2 aromatic rings. The van der Waals surface area contributed by atoms with Gasteiger partial charge in [0.15, 0.2) is 0 Å². The van der Waals surface area contributed by atoms with Crippen LogP contribution in [0.2, 0.25) is 0 Å². The maximum atomic E-state index is 13.7. The maximum Gasteiger partial charge on any atom is 0.234 e. The molecular weight excluding hydrogens is 392 g/mol. The van der Waals surface area contributed by atoms with E-state index in [9.17, 15) is 9.59 Å². The lowest BCUT2D eigenvalue weighted by molar-refractivity contribution is -0.139. The largest absolute Gasteiger partial charge is 0.342 e. The van der Waals surface area contributed by atoms with Gasteiger partial charge in [0.1, 0.15) is 0 Å². The van der Waals surface area contributed by atoms with Crippen molar-refractivity contribution in [1.29, 1.82) is 0 Å². The molecule has 0 bridgehead atoms. The number of rotatable bonds is 4. The number of hydrogen-bond donors (Lipinski definition) is 0. The second-order valence-electron chi connectivity index (χ2n) is 8.52. The van der Waals surface area contributed by atoms with Gasteiger partial charge in [-0.25, -0.2) is 0 Å². The fourth-order valence-electron chi connectivity index (χ4n) is 4.67. The van der Waals surface area contributed by atoms with Crippen LogP contribution in [0.25, 0.3) is 0 Å². The van der Waals surface area contributed by atoms with E-state index in [0.717, 1.165) is 36.3 Å². The number of carbonyl (C=O) groups is 2. The Labute approximate surface area is 183 Å². The summed E-state index contributed by atoms with van der Waals surface area (Å²) in [6.45, 7) is 6.17. The summed E-state index contributed by atoms with van der Waals surface area (Å²) in [7, 11) is 0. The topological polar surface area (TPSA) is 40.6 Å². The van der Waals surface area contributed by atoms with E-state index in [2.05, 4.69) is 4.90 Å². The van der Waals surface area contributed by atoms with Gasteiger partial charge in [-0.1, -0.05) is 74.5 Å². The molecular formula is C25H30N2O2S. The van der Waals surface area contributed by atoms with E-state index in [0.29, 0.717) is 13.1 Å². The van der Waals surface area contributed by atoms with Gasteiger partial charge in [0.25, 0.3) is 0 Å². The van der Waals surface area contributed by atoms with Crippen molar-refractivity contribution in [2.45, 2.75) is 37.5 Å². The number of amides is 2. The van der Waals surface area contributed by atoms with Crippen LogP contribution in [-0.2, 0) is 9.59 Å². The smallest absolute Gasteiger partial charge is 0.234 e. The molecule has 0 radical (unpaired) electrons. The molecule has 2 aromatic carbocycles. The summed E-state index contributed by atoms with van der Waals surface area (Å²) in [6, 6.07) is 20.1. The van der Waals surface area contributed by atoms with Gasteiger partial charge in [-0.2, -0.15) is 0 Å². The molecule has 0 aromatic heterocycles. The molecule has 5 heteroatoms. The van der Waals surface area contributed by atoms with E-state index in [4.69, 9.17) is 0 Å². The number of nitrogens with zero attached hydrogens (tertiary/aromatic N) is 2. The molecule has 2 fully saturated rings. The number of likely N-dealkylation sites (tertiary alicyclic amines) is 1. The molecule has 2 heterocycles. The fraction of sp³-hybridized carbons (Fsp3) is 0.440. The summed E-state index contributed by atoms with van der Waals surface area (Å²) >= 11 is 1.90. The third kappa shape index (κ3) is 4.00. The molecule has 1 spiro atoms. The van der Waals surface area contributed by atoms with E-state index in [-0.39, 0.29) is 28.5 Å². The van der Waals surface area contributed by atoms with E-state index >= 15 is 0 Å². The van der Waals surface area contributed by atoms with Crippen LogP contribution in [0.15, 0.2) is 60.7 Å². The highest BCUT2D eigenvalue weighted by Gasteiger charge is 2.47. The van der Waals surface area contributed by atoms with Crippen LogP contribution in [-0.4, -0.2) is 51.9 Å². The molecule has 2 aliphatic heterocycles. The number of hydrogen-bond acceptors (Lipinski definition) is 3. The highest BCUT2D eigenvalue weighted by atomic mass is 32.2.